The van der Waals surface area contributed by atoms with Crippen LogP contribution in [0.5, 0.6) is 0 Å². The highest BCUT2D eigenvalue weighted by Crippen LogP contribution is 2.34. The van der Waals surface area contributed by atoms with Crippen LogP contribution in [0.15, 0.2) is 29.1 Å². The number of oxime groups is 1. The summed E-state index contributed by atoms with van der Waals surface area (Å²) >= 11 is 6.04. The van der Waals surface area contributed by atoms with Crippen molar-refractivity contribution in [3.8, 4) is 0 Å². The molecule has 13 heteroatoms. The lowest BCUT2D eigenvalue weighted by Gasteiger charge is -2.21. The maximum Gasteiger partial charge on any atom is 0.431 e. The average Bonchev–Trinajstić information content (AvgIpc) is 3.07. The molecule has 0 saturated carbocycles. The fraction of sp³-hybridized carbons (Fsp3) is 0.421. The molecule has 8 nitrogen and oxygen atoms in total. The zero-order valence-electron chi connectivity index (χ0n) is 17.4. The fourth-order valence-electron chi connectivity index (χ4n) is 2.65. The van der Waals surface area contributed by atoms with Gasteiger partial charge >= 0.3 is 12.1 Å². The summed E-state index contributed by atoms with van der Waals surface area (Å²) in [6.07, 6.45) is -5.40. The Hall–Kier alpha value is -2.86. The zero-order chi connectivity index (χ0) is 24.4. The van der Waals surface area contributed by atoms with Crippen LogP contribution < -0.4 is 10.4 Å². The number of hydroxylamine groups is 1. The lowest BCUT2D eigenvalue weighted by molar-refractivity contribution is -0.171. The van der Waals surface area contributed by atoms with Gasteiger partial charge in [0.15, 0.2) is 5.82 Å². The largest absolute Gasteiger partial charge is 0.460 e. The van der Waals surface area contributed by atoms with Gasteiger partial charge in [-0.2, -0.15) is 18.2 Å². The maximum atomic E-state index is 14.4. The molecule has 0 aromatic heterocycles. The Morgan fingerprint density at radius 2 is 2.03 bits per heavy atom. The Kier molecular flexibility index (Phi) is 7.40. The highest BCUT2D eigenvalue weighted by molar-refractivity contribution is 6.34. The summed E-state index contributed by atoms with van der Waals surface area (Å²) in [6, 6.07) is 1.64. The lowest BCUT2D eigenvalue weighted by atomic mass is 9.95. The summed E-state index contributed by atoms with van der Waals surface area (Å²) in [5.74, 6) is -3.48. The van der Waals surface area contributed by atoms with Gasteiger partial charge in [-0.1, -0.05) is 16.8 Å². The zero-order valence-corrected chi connectivity index (χ0v) is 18.1. The molecular formula is C19H20ClF4N3O5. The number of hydrogen-bond acceptors (Lipinski definition) is 7. The lowest BCUT2D eigenvalue weighted by Crippen LogP contribution is -2.38. The third-order valence-corrected chi connectivity index (χ3v) is 4.58. The van der Waals surface area contributed by atoms with Crippen LogP contribution >= 0.6 is 11.6 Å². The number of carbonyl (C=O) groups excluding carboxylic acids is 2. The quantitative estimate of drug-likeness (QED) is 0.211. The van der Waals surface area contributed by atoms with E-state index < -0.39 is 47.0 Å². The Bertz CT molecular complexity index is 980. The second-order valence-electron chi connectivity index (χ2n) is 7.23. The van der Waals surface area contributed by atoms with Crippen molar-refractivity contribution in [3.63, 3.8) is 0 Å². The third-order valence-electron chi connectivity index (χ3n) is 4.26. The molecule has 1 unspecified atom stereocenters. The number of benzene rings is 1. The normalized spacial score (nSPS) is 18.8. The van der Waals surface area contributed by atoms with Crippen LogP contribution in [-0.2, 0) is 19.2 Å². The van der Waals surface area contributed by atoms with Crippen molar-refractivity contribution in [1.29, 1.82) is 0 Å². The molecule has 0 fully saturated rings. The molecule has 1 heterocycles. The Morgan fingerprint density at radius 1 is 1.41 bits per heavy atom. The molecule has 32 heavy (non-hydrogen) atoms. The van der Waals surface area contributed by atoms with Gasteiger partial charge in [0.2, 0.25) is 5.60 Å². The van der Waals surface area contributed by atoms with Crippen LogP contribution in [0.3, 0.4) is 0 Å². The summed E-state index contributed by atoms with van der Waals surface area (Å²) in [7, 11) is 0.925. The Labute approximate surface area is 185 Å². The number of carbonyl (C=O) groups is 2. The molecule has 1 aromatic rings. The molecule has 1 aliphatic heterocycles. The topological polar surface area (TPSA) is 100 Å². The maximum absolute atomic E-state index is 14.4. The Balaban J connectivity index is 2.36. The van der Waals surface area contributed by atoms with Crippen molar-refractivity contribution < 1.29 is 41.9 Å². The summed E-state index contributed by atoms with van der Waals surface area (Å²) in [5, 5.41) is 15.1. The van der Waals surface area contributed by atoms with Gasteiger partial charge in [-0.3, -0.25) is 10.0 Å². The van der Waals surface area contributed by atoms with Crippen LogP contribution in [0.4, 0.5) is 23.2 Å². The van der Waals surface area contributed by atoms with Gasteiger partial charge in [0, 0.05) is 25.1 Å². The third kappa shape index (κ3) is 5.49. The van der Waals surface area contributed by atoms with Gasteiger partial charge in [0.05, 0.1) is 16.8 Å². The second kappa shape index (κ2) is 9.33. The van der Waals surface area contributed by atoms with E-state index in [2.05, 4.69) is 5.16 Å². The number of amides is 1. The van der Waals surface area contributed by atoms with Crippen molar-refractivity contribution in [3.05, 3.63) is 40.3 Å². The number of hydrogen-bond donors (Lipinski definition) is 2. The van der Waals surface area contributed by atoms with Gasteiger partial charge in [0.25, 0.3) is 5.91 Å². The molecule has 1 aromatic carbocycles. The molecule has 0 spiro atoms. The van der Waals surface area contributed by atoms with E-state index in [1.165, 1.54) is 6.92 Å². The number of nitrogens with one attached hydrogen (secondary N) is 1. The van der Waals surface area contributed by atoms with Crippen molar-refractivity contribution in [2.75, 3.05) is 12.1 Å². The minimum Gasteiger partial charge on any atom is -0.460 e. The molecule has 1 amide bonds. The monoisotopic (exact) mass is 481 g/mol. The molecule has 1 aliphatic rings. The standard InChI is InChI=1S/C19H20ClF4N3O5/c1-9(2)31-17(29)18(3)8-13(26-32-18)10-5-14(12(21)6-11(10)20)27(30)16(28)7-15(25-4)19(22,23)24/h5-7,9,25,30H,8H2,1-4H3/b15-7-. The van der Waals surface area contributed by atoms with E-state index in [1.54, 1.807) is 19.2 Å². The van der Waals surface area contributed by atoms with Gasteiger partial charge in [-0.05, 0) is 32.9 Å². The first-order chi connectivity index (χ1) is 14.7. The summed E-state index contributed by atoms with van der Waals surface area (Å²) in [6.45, 7) is 4.69. The minimum absolute atomic E-state index is 0.00960. The molecule has 0 bridgehead atoms. The highest BCUT2D eigenvalue weighted by atomic mass is 35.5. The van der Waals surface area contributed by atoms with E-state index in [4.69, 9.17) is 21.2 Å². The van der Waals surface area contributed by atoms with Gasteiger partial charge in [-0.15, -0.1) is 0 Å². The molecule has 2 N–H and O–H groups in total. The SMILES string of the molecule is CN/C(=C\C(=O)N(O)c1cc(C2=NOC(C)(C(=O)OC(C)C)C2)c(Cl)cc1F)C(F)(F)F. The molecule has 2 rings (SSSR count). The van der Waals surface area contributed by atoms with Crippen molar-refractivity contribution in [2.45, 2.75) is 45.1 Å². The minimum atomic E-state index is -4.90. The summed E-state index contributed by atoms with van der Waals surface area (Å²) in [5.41, 5.74) is -3.68. The van der Waals surface area contributed by atoms with Gasteiger partial charge < -0.3 is 14.9 Å². The smallest absolute Gasteiger partial charge is 0.431 e. The number of nitrogens with zero attached hydrogens (tertiary/aromatic N) is 2. The second-order valence-corrected chi connectivity index (χ2v) is 7.64. The number of anilines is 1. The Morgan fingerprint density at radius 3 is 2.56 bits per heavy atom. The van der Waals surface area contributed by atoms with Gasteiger partial charge in [-0.25, -0.2) is 9.18 Å². The summed E-state index contributed by atoms with van der Waals surface area (Å²) < 4.78 is 57.9. The van der Waals surface area contributed by atoms with Crippen molar-refractivity contribution in [2.24, 2.45) is 5.16 Å². The molecular weight excluding hydrogens is 462 g/mol. The first kappa shape index (κ1) is 25.4. The van der Waals surface area contributed by atoms with Crippen LogP contribution in [0.2, 0.25) is 5.02 Å². The molecule has 1 atom stereocenters. The van der Waals surface area contributed by atoms with E-state index in [9.17, 15) is 32.4 Å². The first-order valence-electron chi connectivity index (χ1n) is 9.14. The molecule has 0 radical (unpaired) electrons. The van der Waals surface area contributed by atoms with Gasteiger partial charge in [0.1, 0.15) is 11.4 Å². The summed E-state index contributed by atoms with van der Waals surface area (Å²) in [4.78, 5) is 29.5. The first-order valence-corrected chi connectivity index (χ1v) is 9.52. The van der Waals surface area contributed by atoms with Crippen LogP contribution in [0, 0.1) is 5.82 Å². The number of rotatable bonds is 6. The van der Waals surface area contributed by atoms with E-state index in [-0.39, 0.29) is 33.9 Å². The number of alkyl halides is 3. The van der Waals surface area contributed by atoms with E-state index >= 15 is 0 Å². The van der Waals surface area contributed by atoms with E-state index in [0.29, 0.717) is 0 Å². The number of ether oxygens (including phenoxy) is 1. The number of esters is 1. The fourth-order valence-corrected chi connectivity index (χ4v) is 2.91. The molecule has 0 aliphatic carbocycles. The molecule has 176 valence electrons. The predicted molar refractivity (Wildman–Crippen MR) is 106 cm³/mol. The van der Waals surface area contributed by atoms with Crippen molar-refractivity contribution in [1.82, 2.24) is 5.32 Å². The average molecular weight is 482 g/mol. The predicted octanol–water partition coefficient (Wildman–Crippen LogP) is 3.70. The number of allylic oxidation sites excluding steroid dienone is 1. The number of halogens is 5. The van der Waals surface area contributed by atoms with Crippen LogP contribution in [0.25, 0.3) is 0 Å². The van der Waals surface area contributed by atoms with E-state index in [0.717, 1.165) is 19.2 Å². The van der Waals surface area contributed by atoms with Crippen molar-refractivity contribution >= 4 is 34.9 Å². The van der Waals surface area contributed by atoms with Crippen LogP contribution in [-0.4, -0.2) is 47.7 Å². The molecule has 0 saturated heterocycles. The van der Waals surface area contributed by atoms with Crippen LogP contribution in [0.1, 0.15) is 32.8 Å². The highest BCUT2D eigenvalue weighted by Gasteiger charge is 2.44. The van der Waals surface area contributed by atoms with E-state index in [1.807, 2.05) is 0 Å².